The van der Waals surface area contributed by atoms with Crippen molar-refractivity contribution in [2.45, 2.75) is 0 Å². The summed E-state index contributed by atoms with van der Waals surface area (Å²) >= 11 is 0. The second-order valence-corrected chi connectivity index (χ2v) is 11.8. The van der Waals surface area contributed by atoms with Gasteiger partial charge in [-0.1, -0.05) is 115 Å². The van der Waals surface area contributed by atoms with E-state index in [0.717, 1.165) is 39.0 Å². The quantitative estimate of drug-likeness (QED) is 0.199. The van der Waals surface area contributed by atoms with Crippen LogP contribution in [0.1, 0.15) is 0 Å². The summed E-state index contributed by atoms with van der Waals surface area (Å²) in [4.78, 5) is 2.34. The minimum absolute atomic E-state index is 0.883. The number of rotatable bonds is 5. The number of para-hydroxylation sites is 2. The Kier molecular flexibility index (Phi) is 6.17. The van der Waals surface area contributed by atoms with E-state index in [0.29, 0.717) is 0 Å². The number of nitrogens with zero attached hydrogens (tertiary/aromatic N) is 1. The summed E-state index contributed by atoms with van der Waals surface area (Å²) in [6, 6.07) is 62.8. The van der Waals surface area contributed by atoms with E-state index in [-0.39, 0.29) is 0 Å². The molecule has 0 radical (unpaired) electrons. The third kappa shape index (κ3) is 4.51. The van der Waals surface area contributed by atoms with Crippen molar-refractivity contribution >= 4 is 60.5 Å². The Hall–Kier alpha value is -6.12. The summed E-state index contributed by atoms with van der Waals surface area (Å²) in [5.74, 6) is 0. The molecule has 0 saturated carbocycles. The molecule has 2 nitrogen and oxygen atoms in total. The van der Waals surface area contributed by atoms with Gasteiger partial charge in [0, 0.05) is 16.8 Å². The van der Waals surface area contributed by atoms with Crippen molar-refractivity contribution in [2.75, 3.05) is 4.90 Å². The molecular formula is C44H29NO. The topological polar surface area (TPSA) is 16.4 Å². The SMILES string of the molecule is c1ccc(N(c2cccc(-c3ccc4cc(-c5ccc6ccccc6c5)ccc4c3)c2)c2cccc3oc4ccccc4c23)cc1. The van der Waals surface area contributed by atoms with Crippen molar-refractivity contribution in [1.82, 2.24) is 0 Å². The van der Waals surface area contributed by atoms with Crippen LogP contribution in [0.25, 0.3) is 65.7 Å². The fourth-order valence-corrected chi connectivity index (χ4v) is 6.74. The number of furan rings is 1. The van der Waals surface area contributed by atoms with Crippen LogP contribution >= 0.6 is 0 Å². The van der Waals surface area contributed by atoms with Gasteiger partial charge in [-0.3, -0.25) is 0 Å². The Balaban J connectivity index is 1.13. The number of benzene rings is 8. The molecule has 0 atom stereocenters. The molecule has 1 aromatic heterocycles. The number of anilines is 3. The first-order valence-electron chi connectivity index (χ1n) is 15.7. The first kappa shape index (κ1) is 26.3. The van der Waals surface area contributed by atoms with Crippen molar-refractivity contribution in [1.29, 1.82) is 0 Å². The van der Waals surface area contributed by atoms with Gasteiger partial charge >= 0.3 is 0 Å². The molecule has 0 spiro atoms. The molecule has 9 rings (SSSR count). The lowest BCUT2D eigenvalue weighted by Gasteiger charge is -2.26. The van der Waals surface area contributed by atoms with E-state index in [1.54, 1.807) is 0 Å². The zero-order chi connectivity index (χ0) is 30.5. The predicted molar refractivity (Wildman–Crippen MR) is 194 cm³/mol. The molecule has 0 aliphatic carbocycles. The molecule has 2 heteroatoms. The molecule has 0 fully saturated rings. The van der Waals surface area contributed by atoms with E-state index in [2.05, 4.69) is 169 Å². The number of hydrogen-bond acceptors (Lipinski definition) is 2. The van der Waals surface area contributed by atoms with Gasteiger partial charge in [-0.25, -0.2) is 0 Å². The van der Waals surface area contributed by atoms with Crippen LogP contribution in [0.2, 0.25) is 0 Å². The third-order valence-corrected chi connectivity index (χ3v) is 9.00. The summed E-state index contributed by atoms with van der Waals surface area (Å²) < 4.78 is 6.28. The number of hydrogen-bond donors (Lipinski definition) is 0. The normalized spacial score (nSPS) is 11.5. The van der Waals surface area contributed by atoms with Gasteiger partial charge in [0.25, 0.3) is 0 Å². The molecule has 0 amide bonds. The highest BCUT2D eigenvalue weighted by Crippen LogP contribution is 2.43. The molecule has 46 heavy (non-hydrogen) atoms. The minimum atomic E-state index is 0.883. The monoisotopic (exact) mass is 587 g/mol. The second kappa shape index (κ2) is 10.8. The summed E-state index contributed by atoms with van der Waals surface area (Å²) in [5, 5.41) is 7.21. The molecule has 0 aliphatic heterocycles. The molecule has 1 heterocycles. The van der Waals surface area contributed by atoms with Gasteiger partial charge in [0.15, 0.2) is 0 Å². The second-order valence-electron chi connectivity index (χ2n) is 11.8. The molecule has 0 aliphatic rings. The van der Waals surface area contributed by atoms with E-state index in [1.807, 2.05) is 12.1 Å². The molecule has 0 unspecified atom stereocenters. The lowest BCUT2D eigenvalue weighted by Crippen LogP contribution is -2.10. The lowest BCUT2D eigenvalue weighted by molar-refractivity contribution is 0.669. The smallest absolute Gasteiger partial charge is 0.137 e. The van der Waals surface area contributed by atoms with E-state index < -0.39 is 0 Å². The van der Waals surface area contributed by atoms with E-state index in [9.17, 15) is 0 Å². The molecule has 0 N–H and O–H groups in total. The van der Waals surface area contributed by atoms with Crippen molar-refractivity contribution in [3.8, 4) is 22.3 Å². The van der Waals surface area contributed by atoms with Crippen molar-refractivity contribution in [2.24, 2.45) is 0 Å². The van der Waals surface area contributed by atoms with Crippen LogP contribution in [-0.4, -0.2) is 0 Å². The van der Waals surface area contributed by atoms with Gasteiger partial charge in [-0.15, -0.1) is 0 Å². The maximum Gasteiger partial charge on any atom is 0.137 e. The maximum atomic E-state index is 6.28. The fourth-order valence-electron chi connectivity index (χ4n) is 6.74. The molecule has 9 aromatic rings. The molecular weight excluding hydrogens is 558 g/mol. The van der Waals surface area contributed by atoms with Crippen LogP contribution in [0.3, 0.4) is 0 Å². The summed E-state index contributed by atoms with van der Waals surface area (Å²) in [7, 11) is 0. The molecule has 0 saturated heterocycles. The van der Waals surface area contributed by atoms with Gasteiger partial charge < -0.3 is 9.32 Å². The van der Waals surface area contributed by atoms with Gasteiger partial charge in [-0.05, 0) is 104 Å². The third-order valence-electron chi connectivity index (χ3n) is 9.00. The van der Waals surface area contributed by atoms with Crippen molar-refractivity contribution in [3.05, 3.63) is 176 Å². The predicted octanol–water partition coefficient (Wildman–Crippen LogP) is 12.7. The van der Waals surface area contributed by atoms with E-state index in [1.165, 1.54) is 43.8 Å². The first-order valence-corrected chi connectivity index (χ1v) is 15.7. The zero-order valence-corrected chi connectivity index (χ0v) is 25.1. The highest BCUT2D eigenvalue weighted by Gasteiger charge is 2.19. The Labute approximate surface area is 267 Å². The Bertz CT molecular complexity index is 2540. The standard InChI is InChI=1S/C44H29NO/c1-2-13-38(14-3-1)45(41-17-9-19-43-44(41)40-16-6-7-18-42(40)46-43)39-15-8-12-32(29-39)33-22-23-37-28-36(25-24-35(37)27-33)34-21-20-30-10-4-5-11-31(30)26-34/h1-29H. The van der Waals surface area contributed by atoms with Crippen LogP contribution in [0.5, 0.6) is 0 Å². The number of fused-ring (bicyclic) bond motifs is 5. The van der Waals surface area contributed by atoms with Crippen LogP contribution < -0.4 is 4.90 Å². The van der Waals surface area contributed by atoms with Crippen LogP contribution in [0, 0.1) is 0 Å². The molecule has 0 bridgehead atoms. The highest BCUT2D eigenvalue weighted by atomic mass is 16.3. The minimum Gasteiger partial charge on any atom is -0.456 e. The van der Waals surface area contributed by atoms with Gasteiger partial charge in [0.05, 0.1) is 11.1 Å². The largest absolute Gasteiger partial charge is 0.456 e. The highest BCUT2D eigenvalue weighted by molar-refractivity contribution is 6.13. The maximum absolute atomic E-state index is 6.28. The van der Waals surface area contributed by atoms with Gasteiger partial charge in [0.2, 0.25) is 0 Å². The van der Waals surface area contributed by atoms with Crippen LogP contribution in [0.15, 0.2) is 180 Å². The van der Waals surface area contributed by atoms with Gasteiger partial charge in [0.1, 0.15) is 11.2 Å². The van der Waals surface area contributed by atoms with Crippen LogP contribution in [0.4, 0.5) is 17.1 Å². The Morgan fingerprint density at radius 2 is 0.891 bits per heavy atom. The average molecular weight is 588 g/mol. The average Bonchev–Trinajstić information content (AvgIpc) is 3.51. The van der Waals surface area contributed by atoms with Crippen molar-refractivity contribution < 1.29 is 4.42 Å². The summed E-state index contributed by atoms with van der Waals surface area (Å²) in [6.07, 6.45) is 0. The Morgan fingerprint density at radius 3 is 1.65 bits per heavy atom. The fraction of sp³-hybridized carbons (Fsp3) is 0. The summed E-state index contributed by atoms with van der Waals surface area (Å²) in [5.41, 5.74) is 9.87. The molecule has 216 valence electrons. The first-order chi connectivity index (χ1) is 22.8. The van der Waals surface area contributed by atoms with E-state index >= 15 is 0 Å². The Morgan fingerprint density at radius 1 is 0.348 bits per heavy atom. The lowest BCUT2D eigenvalue weighted by atomic mass is 9.96. The summed E-state index contributed by atoms with van der Waals surface area (Å²) in [6.45, 7) is 0. The van der Waals surface area contributed by atoms with Crippen molar-refractivity contribution in [3.63, 3.8) is 0 Å². The van der Waals surface area contributed by atoms with Gasteiger partial charge in [-0.2, -0.15) is 0 Å². The molecule has 8 aromatic carbocycles. The van der Waals surface area contributed by atoms with E-state index in [4.69, 9.17) is 4.42 Å². The zero-order valence-electron chi connectivity index (χ0n) is 25.1. The van der Waals surface area contributed by atoms with Crippen LogP contribution in [-0.2, 0) is 0 Å².